The maximum Gasteiger partial charge on any atom is 0.312 e. The Balaban J connectivity index is 0. The van der Waals surface area contributed by atoms with Crippen molar-refractivity contribution < 1.29 is 4.79 Å². The van der Waals surface area contributed by atoms with Gasteiger partial charge in [0.05, 0.1) is 0 Å². The first-order chi connectivity index (χ1) is 5.66. The first-order valence-corrected chi connectivity index (χ1v) is 4.37. The Morgan fingerprint density at radius 3 is 2.33 bits per heavy atom. The lowest BCUT2D eigenvalue weighted by atomic mass is 10.2. The number of carbonyl (C=O) groups excluding carboxylic acids is 1. The molecule has 0 rings (SSSR count). The Kier molecular flexibility index (Phi) is 11.8. The van der Waals surface area contributed by atoms with E-state index in [1.54, 1.807) is 0 Å². The Morgan fingerprint density at radius 2 is 2.00 bits per heavy atom. The molecular formula is C8H21N3O. The predicted molar refractivity (Wildman–Crippen MR) is 52.1 cm³/mol. The second kappa shape index (κ2) is 10.2. The second-order valence-electron chi connectivity index (χ2n) is 2.30. The van der Waals surface area contributed by atoms with E-state index in [4.69, 9.17) is 5.73 Å². The van der Waals surface area contributed by atoms with Crippen LogP contribution < -0.4 is 16.4 Å². The second-order valence-corrected chi connectivity index (χ2v) is 2.30. The summed E-state index contributed by atoms with van der Waals surface area (Å²) in [6.45, 7) is 6.81. The Bertz CT molecular complexity index is 106. The van der Waals surface area contributed by atoms with Crippen molar-refractivity contribution >= 4 is 6.03 Å². The number of rotatable bonds is 4. The van der Waals surface area contributed by atoms with Crippen LogP contribution in [0.2, 0.25) is 0 Å². The van der Waals surface area contributed by atoms with E-state index in [2.05, 4.69) is 10.6 Å². The Hall–Kier alpha value is -0.770. The van der Waals surface area contributed by atoms with Crippen LogP contribution >= 0.6 is 0 Å². The van der Waals surface area contributed by atoms with Gasteiger partial charge in [0.1, 0.15) is 0 Å². The molecule has 12 heavy (non-hydrogen) atoms. The molecule has 0 bridgehead atoms. The zero-order chi connectivity index (χ0) is 9.98. The van der Waals surface area contributed by atoms with Gasteiger partial charge in [0.25, 0.3) is 0 Å². The number of nitrogens with two attached hydrogens (primary N) is 1. The molecule has 0 radical (unpaired) electrons. The topological polar surface area (TPSA) is 67.2 Å². The van der Waals surface area contributed by atoms with Crippen molar-refractivity contribution in [3.05, 3.63) is 0 Å². The van der Waals surface area contributed by atoms with E-state index in [9.17, 15) is 4.79 Å². The summed E-state index contributed by atoms with van der Waals surface area (Å²) in [5.41, 5.74) is 4.89. The van der Waals surface area contributed by atoms with Crippen molar-refractivity contribution in [2.75, 3.05) is 13.6 Å². The maximum atomic E-state index is 10.3. The van der Waals surface area contributed by atoms with Crippen LogP contribution in [-0.2, 0) is 0 Å². The number of urea groups is 1. The standard InChI is InChI=1S/C6H15N3O.C2H6/c1-5(3-4-8-2)9-6(7)10;1-2/h5,8H,3-4H2,1-2H3,(H3,7,9,10);1-2H3. The van der Waals surface area contributed by atoms with E-state index in [1.165, 1.54) is 0 Å². The van der Waals surface area contributed by atoms with Crippen molar-refractivity contribution in [1.29, 1.82) is 0 Å². The molecule has 0 aromatic heterocycles. The monoisotopic (exact) mass is 175 g/mol. The van der Waals surface area contributed by atoms with Crippen molar-refractivity contribution in [3.8, 4) is 0 Å². The van der Waals surface area contributed by atoms with Gasteiger partial charge < -0.3 is 16.4 Å². The largest absolute Gasteiger partial charge is 0.352 e. The molecule has 0 aromatic rings. The van der Waals surface area contributed by atoms with Crippen molar-refractivity contribution in [3.63, 3.8) is 0 Å². The van der Waals surface area contributed by atoms with Crippen LogP contribution in [0.5, 0.6) is 0 Å². The highest BCUT2D eigenvalue weighted by Crippen LogP contribution is 1.86. The summed E-state index contributed by atoms with van der Waals surface area (Å²) in [5.74, 6) is 0. The molecule has 4 heteroatoms. The quantitative estimate of drug-likeness (QED) is 0.588. The molecule has 4 N–H and O–H groups in total. The molecule has 0 aromatic carbocycles. The van der Waals surface area contributed by atoms with Gasteiger partial charge in [-0.15, -0.1) is 0 Å². The van der Waals surface area contributed by atoms with Crippen LogP contribution in [0.15, 0.2) is 0 Å². The zero-order valence-corrected chi connectivity index (χ0v) is 8.48. The van der Waals surface area contributed by atoms with Gasteiger partial charge in [0, 0.05) is 6.04 Å². The van der Waals surface area contributed by atoms with Gasteiger partial charge in [0.15, 0.2) is 0 Å². The third kappa shape index (κ3) is 12.0. The normalized spacial score (nSPS) is 11.0. The molecule has 0 heterocycles. The minimum atomic E-state index is -0.455. The molecule has 1 atom stereocenters. The van der Waals surface area contributed by atoms with Crippen LogP contribution in [-0.4, -0.2) is 25.7 Å². The van der Waals surface area contributed by atoms with Gasteiger partial charge in [-0.25, -0.2) is 4.79 Å². The highest BCUT2D eigenvalue weighted by Gasteiger charge is 2.00. The summed E-state index contributed by atoms with van der Waals surface area (Å²) in [5, 5.41) is 5.56. The van der Waals surface area contributed by atoms with Gasteiger partial charge in [-0.1, -0.05) is 13.8 Å². The van der Waals surface area contributed by atoms with E-state index < -0.39 is 6.03 Å². The molecular weight excluding hydrogens is 154 g/mol. The van der Waals surface area contributed by atoms with Crippen LogP contribution in [0.4, 0.5) is 4.79 Å². The molecule has 0 aliphatic heterocycles. The summed E-state index contributed by atoms with van der Waals surface area (Å²) >= 11 is 0. The molecule has 2 amide bonds. The zero-order valence-electron chi connectivity index (χ0n) is 8.48. The third-order valence-electron chi connectivity index (χ3n) is 1.22. The van der Waals surface area contributed by atoms with Crippen LogP contribution in [0.25, 0.3) is 0 Å². The number of hydrogen-bond acceptors (Lipinski definition) is 2. The predicted octanol–water partition coefficient (Wildman–Crippen LogP) is 0.679. The summed E-state index contributed by atoms with van der Waals surface area (Å²) in [7, 11) is 1.87. The minimum Gasteiger partial charge on any atom is -0.352 e. The van der Waals surface area contributed by atoms with Crippen LogP contribution in [0.3, 0.4) is 0 Å². The van der Waals surface area contributed by atoms with E-state index in [0.29, 0.717) is 0 Å². The maximum absolute atomic E-state index is 10.3. The molecule has 0 spiro atoms. The molecule has 0 aliphatic carbocycles. The third-order valence-corrected chi connectivity index (χ3v) is 1.22. The summed E-state index contributed by atoms with van der Waals surface area (Å²) in [4.78, 5) is 10.3. The Labute approximate surface area is 74.9 Å². The number of carbonyl (C=O) groups is 1. The highest BCUT2D eigenvalue weighted by atomic mass is 16.2. The number of primary amides is 1. The number of amides is 2. The van der Waals surface area contributed by atoms with E-state index in [0.717, 1.165) is 13.0 Å². The fourth-order valence-corrected chi connectivity index (χ4v) is 0.676. The van der Waals surface area contributed by atoms with Crippen LogP contribution in [0.1, 0.15) is 27.2 Å². The minimum absolute atomic E-state index is 0.157. The average Bonchev–Trinajstić information content (AvgIpc) is 2.03. The molecule has 1 unspecified atom stereocenters. The summed E-state index contributed by atoms with van der Waals surface area (Å²) in [6.07, 6.45) is 0.902. The first-order valence-electron chi connectivity index (χ1n) is 4.37. The van der Waals surface area contributed by atoms with Gasteiger partial charge in [-0.3, -0.25) is 0 Å². The fraction of sp³-hybridized carbons (Fsp3) is 0.875. The van der Waals surface area contributed by atoms with E-state index >= 15 is 0 Å². The molecule has 0 fully saturated rings. The lowest BCUT2D eigenvalue weighted by molar-refractivity contribution is 0.245. The van der Waals surface area contributed by atoms with Gasteiger partial charge in [-0.05, 0) is 26.9 Å². The van der Waals surface area contributed by atoms with Crippen molar-refractivity contribution in [2.45, 2.75) is 33.2 Å². The average molecular weight is 175 g/mol. The lowest BCUT2D eigenvalue weighted by Crippen LogP contribution is -2.38. The highest BCUT2D eigenvalue weighted by molar-refractivity contribution is 5.71. The molecule has 0 saturated carbocycles. The van der Waals surface area contributed by atoms with Gasteiger partial charge >= 0.3 is 6.03 Å². The van der Waals surface area contributed by atoms with Crippen LogP contribution in [0, 0.1) is 0 Å². The van der Waals surface area contributed by atoms with Gasteiger partial charge in [0.2, 0.25) is 0 Å². The van der Waals surface area contributed by atoms with E-state index in [1.807, 2.05) is 27.8 Å². The number of nitrogens with one attached hydrogen (secondary N) is 2. The molecule has 0 saturated heterocycles. The molecule has 4 nitrogen and oxygen atoms in total. The van der Waals surface area contributed by atoms with E-state index in [-0.39, 0.29) is 6.04 Å². The molecule has 0 aliphatic rings. The summed E-state index contributed by atoms with van der Waals surface area (Å²) < 4.78 is 0. The fourth-order valence-electron chi connectivity index (χ4n) is 0.676. The van der Waals surface area contributed by atoms with Crippen molar-refractivity contribution in [2.24, 2.45) is 5.73 Å². The smallest absolute Gasteiger partial charge is 0.312 e. The van der Waals surface area contributed by atoms with Crippen molar-refractivity contribution in [1.82, 2.24) is 10.6 Å². The summed E-state index contributed by atoms with van der Waals surface area (Å²) in [6, 6.07) is -0.298. The number of hydrogen-bond donors (Lipinski definition) is 3. The molecule has 74 valence electrons. The Morgan fingerprint density at radius 1 is 1.50 bits per heavy atom. The first kappa shape index (κ1) is 13.8. The van der Waals surface area contributed by atoms with Gasteiger partial charge in [-0.2, -0.15) is 0 Å². The lowest BCUT2D eigenvalue weighted by Gasteiger charge is -2.10. The SMILES string of the molecule is CC.CNCCC(C)NC(N)=O.